The number of carbonyl (C=O) groups excluding carboxylic acids is 2. The summed E-state index contributed by atoms with van der Waals surface area (Å²) in [6, 6.07) is 10.2. The molecular formula is C23H24N2O5S. The summed E-state index contributed by atoms with van der Waals surface area (Å²) in [5.41, 5.74) is 2.76. The van der Waals surface area contributed by atoms with Gasteiger partial charge in [0, 0.05) is 5.56 Å². The zero-order valence-corrected chi connectivity index (χ0v) is 18.7. The molecule has 7 nitrogen and oxygen atoms in total. The Morgan fingerprint density at radius 3 is 2.61 bits per heavy atom. The van der Waals surface area contributed by atoms with E-state index in [1.54, 1.807) is 6.92 Å². The highest BCUT2D eigenvalue weighted by atomic mass is 32.2. The summed E-state index contributed by atoms with van der Waals surface area (Å²) in [7, 11) is 1.28. The molecule has 0 aliphatic rings. The molecule has 1 atom stereocenters. The lowest BCUT2D eigenvalue weighted by Gasteiger charge is -2.15. The van der Waals surface area contributed by atoms with E-state index in [-0.39, 0.29) is 29.2 Å². The number of nitrogens with zero attached hydrogens (tertiary/aromatic N) is 2. The zero-order chi connectivity index (χ0) is 22.7. The zero-order valence-electron chi connectivity index (χ0n) is 17.8. The Morgan fingerprint density at radius 2 is 1.94 bits per heavy atom. The number of aryl methyl sites for hydroxylation is 2. The van der Waals surface area contributed by atoms with Gasteiger partial charge in [0.25, 0.3) is 5.56 Å². The van der Waals surface area contributed by atoms with Gasteiger partial charge in [0.1, 0.15) is 0 Å². The van der Waals surface area contributed by atoms with E-state index in [0.717, 1.165) is 22.9 Å². The number of ether oxygens (including phenoxy) is 1. The van der Waals surface area contributed by atoms with Crippen LogP contribution in [0.25, 0.3) is 10.9 Å². The van der Waals surface area contributed by atoms with Crippen LogP contribution in [-0.4, -0.2) is 45.4 Å². The molecule has 0 fully saturated rings. The van der Waals surface area contributed by atoms with E-state index in [1.165, 1.54) is 29.9 Å². The molecule has 0 aliphatic carbocycles. The maximum absolute atomic E-state index is 13.0. The van der Waals surface area contributed by atoms with E-state index in [9.17, 15) is 19.5 Å². The molecule has 1 N–H and O–H groups in total. The molecule has 1 aromatic heterocycles. The summed E-state index contributed by atoms with van der Waals surface area (Å²) < 4.78 is 6.10. The number of esters is 1. The van der Waals surface area contributed by atoms with Gasteiger partial charge in [-0.1, -0.05) is 29.5 Å². The summed E-state index contributed by atoms with van der Waals surface area (Å²) in [6.45, 7) is 5.42. The molecule has 0 amide bonds. The number of aliphatic hydroxyl groups excluding tert-OH is 1. The fraction of sp³-hybridized carbons (Fsp3) is 0.304. The van der Waals surface area contributed by atoms with Crippen molar-refractivity contribution < 1.29 is 19.4 Å². The van der Waals surface area contributed by atoms with Crippen molar-refractivity contribution in [1.29, 1.82) is 0 Å². The minimum absolute atomic E-state index is 0.0422. The number of hydrogen-bond donors (Lipinski definition) is 1. The van der Waals surface area contributed by atoms with Gasteiger partial charge in [0.15, 0.2) is 10.9 Å². The largest absolute Gasteiger partial charge is 0.465 e. The number of rotatable bonds is 7. The lowest BCUT2D eigenvalue weighted by Crippen LogP contribution is -2.28. The monoisotopic (exact) mass is 440 g/mol. The predicted octanol–water partition coefficient (Wildman–Crippen LogP) is 3.16. The average molecular weight is 441 g/mol. The van der Waals surface area contributed by atoms with Crippen molar-refractivity contribution in [3.8, 4) is 0 Å². The van der Waals surface area contributed by atoms with Crippen molar-refractivity contribution in [2.75, 3.05) is 12.9 Å². The number of ketones is 1. The SMILES string of the molecule is COC(=O)c1ccc2c(=O)n(CC(C)O)c(SCC(=O)c3cc(C)ccc3C)nc2c1. The molecule has 0 saturated carbocycles. The van der Waals surface area contributed by atoms with Gasteiger partial charge in [-0.25, -0.2) is 9.78 Å². The van der Waals surface area contributed by atoms with Crippen LogP contribution in [0.4, 0.5) is 0 Å². The molecule has 3 rings (SSSR count). The average Bonchev–Trinajstić information content (AvgIpc) is 2.74. The topological polar surface area (TPSA) is 98.5 Å². The number of aliphatic hydroxyl groups is 1. The van der Waals surface area contributed by atoms with E-state index in [2.05, 4.69) is 4.98 Å². The molecule has 162 valence electrons. The third-order valence-electron chi connectivity index (χ3n) is 4.81. The number of Topliss-reactive ketones (excluding diaryl/α,β-unsaturated/α-hetero) is 1. The van der Waals surface area contributed by atoms with E-state index in [1.807, 2.05) is 32.0 Å². The molecule has 3 aromatic rings. The molecule has 31 heavy (non-hydrogen) atoms. The summed E-state index contributed by atoms with van der Waals surface area (Å²) >= 11 is 1.13. The van der Waals surface area contributed by atoms with Crippen LogP contribution in [0.3, 0.4) is 0 Å². The second kappa shape index (κ2) is 9.45. The van der Waals surface area contributed by atoms with Gasteiger partial charge in [-0.15, -0.1) is 0 Å². The van der Waals surface area contributed by atoms with Crippen LogP contribution < -0.4 is 5.56 Å². The Morgan fingerprint density at radius 1 is 1.19 bits per heavy atom. The normalized spacial score (nSPS) is 12.0. The molecule has 2 aromatic carbocycles. The van der Waals surface area contributed by atoms with E-state index in [0.29, 0.717) is 21.6 Å². The minimum atomic E-state index is -0.777. The van der Waals surface area contributed by atoms with Crippen LogP contribution in [0.2, 0.25) is 0 Å². The third kappa shape index (κ3) is 5.03. The smallest absolute Gasteiger partial charge is 0.337 e. The molecule has 0 saturated heterocycles. The molecule has 1 heterocycles. The Labute approximate surface area is 184 Å². The highest BCUT2D eigenvalue weighted by molar-refractivity contribution is 7.99. The van der Waals surface area contributed by atoms with Crippen molar-refractivity contribution >= 4 is 34.4 Å². The Hall–Kier alpha value is -2.97. The first kappa shape index (κ1) is 22.7. The summed E-state index contributed by atoms with van der Waals surface area (Å²) in [6.07, 6.45) is -0.777. The van der Waals surface area contributed by atoms with Crippen LogP contribution in [0.5, 0.6) is 0 Å². The lowest BCUT2D eigenvalue weighted by molar-refractivity contribution is 0.0600. The van der Waals surface area contributed by atoms with Crippen LogP contribution >= 0.6 is 11.8 Å². The third-order valence-corrected chi connectivity index (χ3v) is 5.79. The number of carbonyl (C=O) groups is 2. The number of hydrogen-bond acceptors (Lipinski definition) is 7. The van der Waals surface area contributed by atoms with Gasteiger partial charge < -0.3 is 9.84 Å². The van der Waals surface area contributed by atoms with Gasteiger partial charge in [-0.3, -0.25) is 14.2 Å². The van der Waals surface area contributed by atoms with Crippen LogP contribution in [0.1, 0.15) is 38.8 Å². The van der Waals surface area contributed by atoms with Crippen molar-refractivity contribution in [3.05, 3.63) is 69.0 Å². The molecule has 0 spiro atoms. The highest BCUT2D eigenvalue weighted by Gasteiger charge is 2.17. The van der Waals surface area contributed by atoms with Gasteiger partial charge in [-0.2, -0.15) is 0 Å². The molecule has 0 radical (unpaired) electrons. The Bertz CT molecular complexity index is 1220. The van der Waals surface area contributed by atoms with Crippen molar-refractivity contribution in [3.63, 3.8) is 0 Å². The number of fused-ring (bicyclic) bond motifs is 1. The first-order chi connectivity index (χ1) is 14.7. The Balaban J connectivity index is 2.01. The predicted molar refractivity (Wildman–Crippen MR) is 120 cm³/mol. The van der Waals surface area contributed by atoms with Crippen molar-refractivity contribution in [2.24, 2.45) is 0 Å². The summed E-state index contributed by atoms with van der Waals surface area (Å²) in [5, 5.41) is 10.5. The Kier molecular flexibility index (Phi) is 6.92. The maximum Gasteiger partial charge on any atom is 0.337 e. The van der Waals surface area contributed by atoms with Crippen molar-refractivity contribution in [1.82, 2.24) is 9.55 Å². The number of thioether (sulfide) groups is 1. The molecule has 1 unspecified atom stereocenters. The first-order valence-electron chi connectivity index (χ1n) is 9.75. The van der Waals surface area contributed by atoms with Gasteiger partial charge in [0.05, 0.1) is 42.0 Å². The second-order valence-electron chi connectivity index (χ2n) is 7.41. The number of aromatic nitrogens is 2. The number of benzene rings is 2. The fourth-order valence-corrected chi connectivity index (χ4v) is 4.12. The molecular weight excluding hydrogens is 416 g/mol. The van der Waals surface area contributed by atoms with E-state index < -0.39 is 12.1 Å². The second-order valence-corrected chi connectivity index (χ2v) is 8.36. The quantitative estimate of drug-likeness (QED) is 0.261. The molecule has 0 aliphatic heterocycles. The van der Waals surface area contributed by atoms with Crippen LogP contribution in [-0.2, 0) is 11.3 Å². The summed E-state index contributed by atoms with van der Waals surface area (Å²) in [5.74, 6) is -0.526. The van der Waals surface area contributed by atoms with Crippen LogP contribution in [0.15, 0.2) is 46.3 Å². The van der Waals surface area contributed by atoms with Crippen molar-refractivity contribution in [2.45, 2.75) is 38.6 Å². The first-order valence-corrected chi connectivity index (χ1v) is 10.7. The van der Waals surface area contributed by atoms with Crippen LogP contribution in [0, 0.1) is 13.8 Å². The van der Waals surface area contributed by atoms with Gasteiger partial charge in [0.2, 0.25) is 0 Å². The van der Waals surface area contributed by atoms with Gasteiger partial charge in [-0.05, 0) is 50.6 Å². The molecule has 0 bridgehead atoms. The fourth-order valence-electron chi connectivity index (χ4n) is 3.22. The summed E-state index contributed by atoms with van der Waals surface area (Å²) in [4.78, 5) is 42.2. The minimum Gasteiger partial charge on any atom is -0.465 e. The lowest BCUT2D eigenvalue weighted by atomic mass is 10.0. The highest BCUT2D eigenvalue weighted by Crippen LogP contribution is 2.22. The van der Waals surface area contributed by atoms with E-state index >= 15 is 0 Å². The van der Waals surface area contributed by atoms with Gasteiger partial charge >= 0.3 is 5.97 Å². The van der Waals surface area contributed by atoms with E-state index in [4.69, 9.17) is 4.74 Å². The maximum atomic E-state index is 13.0. The molecule has 8 heteroatoms. The standard InChI is InChI=1S/C23H24N2O5S/c1-13-5-6-14(2)18(9-13)20(27)12-31-23-24-19-10-16(22(29)30-4)7-8-17(19)21(28)25(23)11-15(3)26/h5-10,15,26H,11-12H2,1-4H3. The number of methoxy groups -OCH3 is 1.